The highest BCUT2D eigenvalue weighted by atomic mass is 16.6. The maximum absolute atomic E-state index is 12.1. The van der Waals surface area contributed by atoms with Crippen molar-refractivity contribution >= 4 is 22.4 Å². The highest BCUT2D eigenvalue weighted by Crippen LogP contribution is 2.24. The lowest BCUT2D eigenvalue weighted by Crippen LogP contribution is -2.24. The Balaban J connectivity index is 1.54. The van der Waals surface area contributed by atoms with Crippen molar-refractivity contribution in [3.8, 4) is 17.6 Å². The van der Waals surface area contributed by atoms with Gasteiger partial charge in [-0.2, -0.15) is 0 Å². The van der Waals surface area contributed by atoms with Gasteiger partial charge in [0.2, 0.25) is 0 Å². The van der Waals surface area contributed by atoms with Gasteiger partial charge in [-0.1, -0.05) is 60.4 Å². The Morgan fingerprint density at radius 3 is 2.59 bits per heavy atom. The lowest BCUT2D eigenvalue weighted by Gasteiger charge is -2.06. The molecule has 6 nitrogen and oxygen atoms in total. The molecule has 1 amide bonds. The Bertz CT molecular complexity index is 1050. The van der Waals surface area contributed by atoms with E-state index in [4.69, 9.17) is 4.74 Å². The number of ether oxygens (including phenoxy) is 1. The number of nitro groups is 1. The average Bonchev–Trinajstić information content (AvgIpc) is 2.70. The van der Waals surface area contributed by atoms with E-state index >= 15 is 0 Å². The van der Waals surface area contributed by atoms with E-state index in [-0.39, 0.29) is 24.4 Å². The molecule has 0 fully saturated rings. The molecule has 0 radical (unpaired) electrons. The monoisotopic (exact) mass is 360 g/mol. The number of amides is 1. The molecule has 1 N–H and O–H groups in total. The van der Waals surface area contributed by atoms with E-state index in [1.165, 1.54) is 18.2 Å². The van der Waals surface area contributed by atoms with Crippen LogP contribution < -0.4 is 10.1 Å². The first kappa shape index (κ1) is 18.0. The molecule has 134 valence electrons. The predicted molar refractivity (Wildman–Crippen MR) is 103 cm³/mol. The molecule has 0 aliphatic heterocycles. The summed E-state index contributed by atoms with van der Waals surface area (Å²) in [5.41, 5.74) is -0.224. The van der Waals surface area contributed by atoms with Crippen molar-refractivity contribution in [3.63, 3.8) is 0 Å². The molecule has 0 spiro atoms. The highest BCUT2D eigenvalue weighted by Gasteiger charge is 2.18. The molecule has 0 heterocycles. The van der Waals surface area contributed by atoms with Crippen LogP contribution in [0.25, 0.3) is 10.8 Å². The standard InChI is InChI=1S/C21H16N2O4/c24-21(18-11-3-4-12-19(18)23(25)26)22-14-5-6-15-27-20-13-7-9-16-8-1-2-10-17(16)20/h1-4,7-13H,14-15H2,(H,22,24). The normalized spacial score (nSPS) is 9.93. The number of para-hydroxylation sites is 1. The Hall–Kier alpha value is -3.85. The van der Waals surface area contributed by atoms with Crippen LogP contribution in [-0.2, 0) is 0 Å². The van der Waals surface area contributed by atoms with Crippen LogP contribution in [0.5, 0.6) is 5.75 Å². The van der Waals surface area contributed by atoms with Gasteiger partial charge in [-0.05, 0) is 17.5 Å². The number of benzene rings is 3. The molecule has 3 aromatic carbocycles. The Labute approximate surface area is 155 Å². The van der Waals surface area contributed by atoms with Crippen LogP contribution in [0.4, 0.5) is 5.69 Å². The van der Waals surface area contributed by atoms with Gasteiger partial charge in [0.05, 0.1) is 11.5 Å². The summed E-state index contributed by atoms with van der Waals surface area (Å²) in [7, 11) is 0. The zero-order chi connectivity index (χ0) is 19.1. The second-order valence-electron chi connectivity index (χ2n) is 5.58. The van der Waals surface area contributed by atoms with Crippen molar-refractivity contribution in [1.82, 2.24) is 5.32 Å². The smallest absolute Gasteiger partial charge is 0.282 e. The minimum absolute atomic E-state index is 0.0105. The number of nitro benzene ring substituents is 1. The van der Waals surface area contributed by atoms with Crippen molar-refractivity contribution in [1.29, 1.82) is 0 Å². The van der Waals surface area contributed by atoms with Crippen LogP contribution in [0.1, 0.15) is 10.4 Å². The van der Waals surface area contributed by atoms with E-state index in [1.807, 2.05) is 42.5 Å². The minimum Gasteiger partial charge on any atom is -0.480 e. The third-order valence-electron chi connectivity index (χ3n) is 3.86. The number of nitrogens with zero attached hydrogens (tertiary/aromatic N) is 1. The van der Waals surface area contributed by atoms with Gasteiger partial charge < -0.3 is 10.1 Å². The van der Waals surface area contributed by atoms with Crippen LogP contribution in [0.15, 0.2) is 66.7 Å². The van der Waals surface area contributed by atoms with Crippen LogP contribution in [0.3, 0.4) is 0 Å². The molecule has 3 aromatic rings. The molecule has 0 aliphatic rings. The number of fused-ring (bicyclic) bond motifs is 1. The molecule has 6 heteroatoms. The van der Waals surface area contributed by atoms with Gasteiger partial charge in [-0.3, -0.25) is 14.9 Å². The maximum Gasteiger partial charge on any atom is 0.282 e. The minimum atomic E-state index is -0.585. The van der Waals surface area contributed by atoms with Gasteiger partial charge in [0.25, 0.3) is 11.6 Å². The second-order valence-corrected chi connectivity index (χ2v) is 5.58. The third-order valence-corrected chi connectivity index (χ3v) is 3.86. The first-order valence-corrected chi connectivity index (χ1v) is 8.25. The fourth-order valence-electron chi connectivity index (χ4n) is 2.59. The lowest BCUT2D eigenvalue weighted by molar-refractivity contribution is -0.385. The second kappa shape index (κ2) is 8.50. The summed E-state index contributed by atoms with van der Waals surface area (Å²) in [6.07, 6.45) is 0. The molecular formula is C21H16N2O4. The Morgan fingerprint density at radius 1 is 1.00 bits per heavy atom. The summed E-state index contributed by atoms with van der Waals surface area (Å²) >= 11 is 0. The summed E-state index contributed by atoms with van der Waals surface area (Å²) < 4.78 is 5.69. The molecule has 0 aliphatic carbocycles. The molecule has 3 rings (SSSR count). The SMILES string of the molecule is O=C(NCC#CCOc1cccc2ccccc12)c1ccccc1[N+](=O)[O-]. The van der Waals surface area contributed by atoms with Crippen LogP contribution in [-0.4, -0.2) is 24.0 Å². The van der Waals surface area contributed by atoms with Gasteiger partial charge in [0.15, 0.2) is 0 Å². The molecule has 0 saturated carbocycles. The topological polar surface area (TPSA) is 81.5 Å². The Morgan fingerprint density at radius 2 is 1.74 bits per heavy atom. The van der Waals surface area contributed by atoms with Crippen LogP contribution in [0.2, 0.25) is 0 Å². The van der Waals surface area contributed by atoms with E-state index in [0.29, 0.717) is 0 Å². The third kappa shape index (κ3) is 4.41. The number of nitrogens with one attached hydrogen (secondary N) is 1. The van der Waals surface area contributed by atoms with Crippen molar-refractivity contribution < 1.29 is 14.5 Å². The predicted octanol–water partition coefficient (Wildman–Crippen LogP) is 3.56. The summed E-state index contributed by atoms with van der Waals surface area (Å²) in [6.45, 7) is 0.249. The largest absolute Gasteiger partial charge is 0.480 e. The zero-order valence-electron chi connectivity index (χ0n) is 14.3. The van der Waals surface area contributed by atoms with Gasteiger partial charge >= 0.3 is 0 Å². The molecule has 27 heavy (non-hydrogen) atoms. The van der Waals surface area contributed by atoms with Gasteiger partial charge in [0, 0.05) is 11.5 Å². The van der Waals surface area contributed by atoms with Crippen LogP contribution in [0, 0.1) is 22.0 Å². The quantitative estimate of drug-likeness (QED) is 0.428. The van der Waals surface area contributed by atoms with E-state index < -0.39 is 10.8 Å². The zero-order valence-corrected chi connectivity index (χ0v) is 14.3. The molecule has 0 unspecified atom stereocenters. The van der Waals surface area contributed by atoms with E-state index in [2.05, 4.69) is 17.2 Å². The number of carbonyl (C=O) groups excluding carboxylic acids is 1. The summed E-state index contributed by atoms with van der Waals surface area (Å²) in [4.78, 5) is 22.4. The highest BCUT2D eigenvalue weighted by molar-refractivity contribution is 5.98. The van der Waals surface area contributed by atoms with E-state index in [0.717, 1.165) is 16.5 Å². The summed E-state index contributed by atoms with van der Waals surface area (Å²) in [5.74, 6) is 5.80. The van der Waals surface area contributed by atoms with Crippen molar-refractivity contribution in [2.24, 2.45) is 0 Å². The number of hydrogen-bond acceptors (Lipinski definition) is 4. The molecule has 0 saturated heterocycles. The molecule has 0 bridgehead atoms. The van der Waals surface area contributed by atoms with E-state index in [1.54, 1.807) is 6.07 Å². The van der Waals surface area contributed by atoms with Crippen LogP contribution >= 0.6 is 0 Å². The van der Waals surface area contributed by atoms with Crippen molar-refractivity contribution in [3.05, 3.63) is 82.4 Å². The lowest BCUT2D eigenvalue weighted by atomic mass is 10.1. The number of carbonyl (C=O) groups is 1. The fourth-order valence-corrected chi connectivity index (χ4v) is 2.59. The number of rotatable bonds is 5. The van der Waals surface area contributed by atoms with Crippen molar-refractivity contribution in [2.75, 3.05) is 13.2 Å². The van der Waals surface area contributed by atoms with Crippen molar-refractivity contribution in [2.45, 2.75) is 0 Å². The summed E-state index contributed by atoms with van der Waals surface area (Å²) in [5, 5.41) is 15.6. The van der Waals surface area contributed by atoms with Gasteiger partial charge in [-0.15, -0.1) is 0 Å². The first-order chi connectivity index (χ1) is 13.2. The number of hydrogen-bond donors (Lipinski definition) is 1. The first-order valence-electron chi connectivity index (χ1n) is 8.25. The summed E-state index contributed by atoms with van der Waals surface area (Å²) in [6, 6.07) is 19.5. The van der Waals surface area contributed by atoms with Gasteiger partial charge in [-0.25, -0.2) is 0 Å². The fraction of sp³-hybridized carbons (Fsp3) is 0.0952. The molecular weight excluding hydrogens is 344 g/mol. The Kier molecular flexibility index (Phi) is 5.65. The van der Waals surface area contributed by atoms with Gasteiger partial charge in [0.1, 0.15) is 17.9 Å². The van der Waals surface area contributed by atoms with E-state index in [9.17, 15) is 14.9 Å². The average molecular weight is 360 g/mol. The molecule has 0 aromatic heterocycles. The maximum atomic E-state index is 12.1. The molecule has 0 atom stereocenters.